The number of nitrogen functional groups attached to an aromatic ring is 1. The molecule has 0 radical (unpaired) electrons. The summed E-state index contributed by atoms with van der Waals surface area (Å²) in [7, 11) is -6.52. The number of nitrogens with two attached hydrogens (primary N) is 1. The van der Waals surface area contributed by atoms with Crippen LogP contribution < -0.4 is 25.2 Å². The molecule has 6 rings (SSSR count). The number of anilines is 2. The predicted octanol–water partition coefficient (Wildman–Crippen LogP) is 3.34. The first-order chi connectivity index (χ1) is 24.1. The van der Waals surface area contributed by atoms with Crippen LogP contribution in [0.15, 0.2) is 59.3 Å². The first-order valence-electron chi connectivity index (χ1n) is 15.8. The smallest absolute Gasteiger partial charge is 0.459 e. The van der Waals surface area contributed by atoms with Crippen molar-refractivity contribution < 1.29 is 41.4 Å². The van der Waals surface area contributed by atoms with E-state index in [1.54, 1.807) is 35.8 Å². The quantitative estimate of drug-likeness (QED) is 0.0815. The molecule has 274 valence electrons. The van der Waals surface area contributed by atoms with Gasteiger partial charge < -0.3 is 24.8 Å². The summed E-state index contributed by atoms with van der Waals surface area (Å²) in [6, 6.07) is 14.1. The monoisotopic (exact) mass is 808 g/mol. The third-order valence-electron chi connectivity index (χ3n) is 8.56. The fraction of sp³-hybridized carbons (Fsp3) is 0.419. The number of aryl methyl sites for hydroxylation is 1. The Morgan fingerprint density at radius 2 is 1.92 bits per heavy atom. The van der Waals surface area contributed by atoms with Gasteiger partial charge in [0.1, 0.15) is 30.2 Å². The van der Waals surface area contributed by atoms with Crippen LogP contribution in [0.4, 0.5) is 11.8 Å². The van der Waals surface area contributed by atoms with Crippen molar-refractivity contribution in [2.24, 2.45) is 5.92 Å². The minimum absolute atomic E-state index is 0.0422. The molecule has 3 unspecified atom stereocenters. The van der Waals surface area contributed by atoms with Gasteiger partial charge in [-0.1, -0.05) is 47.1 Å². The molecule has 5 N–H and O–H groups in total. The summed E-state index contributed by atoms with van der Waals surface area (Å²) in [4.78, 5) is 28.4. The van der Waals surface area contributed by atoms with Crippen molar-refractivity contribution in [3.8, 4) is 5.75 Å². The number of benzene rings is 2. The van der Waals surface area contributed by atoms with E-state index in [0.717, 1.165) is 26.9 Å². The number of nitrogens with zero attached hydrogens (tertiary/aromatic N) is 5. The maximum atomic E-state index is 14.4. The molecule has 20 heteroatoms. The molecule has 2 aromatic heterocycles. The summed E-state index contributed by atoms with van der Waals surface area (Å²) < 4.78 is 64.1. The maximum absolute atomic E-state index is 14.4. The summed E-state index contributed by atoms with van der Waals surface area (Å²) in [5, 5.41) is 15.2. The lowest BCUT2D eigenvalue weighted by molar-refractivity contribution is -0.148. The molecule has 1 saturated heterocycles. The number of sulfonamides is 1. The Hall–Kier alpha value is -3.68. The Balaban J connectivity index is 1.20. The predicted molar refractivity (Wildman–Crippen MR) is 190 cm³/mol. The van der Waals surface area contributed by atoms with Crippen LogP contribution in [0.1, 0.15) is 37.1 Å². The Morgan fingerprint density at radius 1 is 1.22 bits per heavy atom. The second-order valence-electron chi connectivity index (χ2n) is 12.6. The number of aliphatic hydroxyl groups is 1. The van der Waals surface area contributed by atoms with E-state index in [4.69, 9.17) is 24.3 Å². The van der Waals surface area contributed by atoms with Crippen LogP contribution in [0.25, 0.3) is 11.2 Å². The molecule has 5 atom stereocenters. The van der Waals surface area contributed by atoms with Crippen molar-refractivity contribution in [1.82, 2.24) is 29.4 Å². The van der Waals surface area contributed by atoms with Crippen LogP contribution in [0, 0.1) is 12.8 Å². The van der Waals surface area contributed by atoms with E-state index in [9.17, 15) is 22.9 Å². The molecule has 17 nitrogen and oxygen atoms in total. The fourth-order valence-corrected chi connectivity index (χ4v) is 8.26. The number of hydrogen-bond acceptors (Lipinski definition) is 14. The average Bonchev–Trinajstić information content (AvgIpc) is 3.64. The molecular formula is C31H38BrN8O9PS. The average molecular weight is 810 g/mol. The highest BCUT2D eigenvalue weighted by Crippen LogP contribution is 2.53. The van der Waals surface area contributed by atoms with Gasteiger partial charge in [-0.3, -0.25) is 18.9 Å². The minimum Gasteiger partial charge on any atom is -0.459 e. The van der Waals surface area contributed by atoms with Crippen molar-refractivity contribution in [2.45, 2.75) is 57.3 Å². The summed E-state index contributed by atoms with van der Waals surface area (Å²) in [6.45, 7) is 3.30. The van der Waals surface area contributed by atoms with Gasteiger partial charge in [-0.15, -0.1) is 4.83 Å². The van der Waals surface area contributed by atoms with Gasteiger partial charge in [-0.25, -0.2) is 18.0 Å². The number of esters is 1. The lowest BCUT2D eigenvalue weighted by Crippen LogP contribution is -2.40. The van der Waals surface area contributed by atoms with Crippen molar-refractivity contribution >= 4 is 62.6 Å². The summed E-state index contributed by atoms with van der Waals surface area (Å²) in [5.74, 6) is -1.00. The number of rotatable bonds is 14. The largest absolute Gasteiger partial charge is 0.459 e. The molecule has 3 heterocycles. The lowest BCUT2D eigenvalue weighted by atomic mass is 10.0. The highest BCUT2D eigenvalue weighted by atomic mass is 79.9. The molecule has 2 aromatic carbocycles. The summed E-state index contributed by atoms with van der Waals surface area (Å²) in [6.07, 6.45) is 0.110. The maximum Gasteiger partial charge on any atom is 0.459 e. The lowest BCUT2D eigenvalue weighted by Gasteiger charge is -2.26. The molecule has 4 aromatic rings. The van der Waals surface area contributed by atoms with E-state index >= 15 is 0 Å². The third kappa shape index (κ3) is 8.36. The van der Waals surface area contributed by atoms with E-state index in [0.29, 0.717) is 12.8 Å². The van der Waals surface area contributed by atoms with E-state index in [2.05, 4.69) is 40.8 Å². The van der Waals surface area contributed by atoms with Crippen LogP contribution in [-0.4, -0.2) is 76.7 Å². The Bertz CT molecular complexity index is 2080. The molecule has 1 aliphatic carbocycles. The zero-order valence-electron chi connectivity index (χ0n) is 28.1. The third-order valence-corrected chi connectivity index (χ3v) is 11.3. The SMILES string of the molecule is Cc1ccccc1COC(=O)C1(NP(=O)(OCC2OC(n3cnc4c(N(C)NS(C)(=O)=O)nc(N)nc43)[C@@H](C)[C@@H]2O)Oc2ccc(Br)cc2)CC1. The highest BCUT2D eigenvalue weighted by molar-refractivity contribution is 9.10. The number of imidazole rings is 1. The van der Waals surface area contributed by atoms with Gasteiger partial charge >= 0.3 is 13.7 Å². The molecule has 2 aliphatic rings. The first-order valence-corrected chi connectivity index (χ1v) is 20.0. The second-order valence-corrected chi connectivity index (χ2v) is 16.9. The number of fused-ring (bicyclic) bond motifs is 1. The summed E-state index contributed by atoms with van der Waals surface area (Å²) >= 11 is 3.37. The van der Waals surface area contributed by atoms with Crippen LogP contribution in [0.2, 0.25) is 0 Å². The normalized spacial score (nSPS) is 22.4. The molecule has 0 spiro atoms. The number of hydrazine groups is 1. The van der Waals surface area contributed by atoms with Gasteiger partial charge in [-0.2, -0.15) is 15.1 Å². The number of carbonyl (C=O) groups excluding carboxylic acids is 1. The standard InChI is InChI=1S/C31H38BrN8O9PS/c1-18-7-5-6-8-20(18)15-46-29(42)31(13-14-31)37-50(43,49-22-11-9-21(32)10-12-22)47-16-23-25(41)19(2)28(48-23)40-17-34-24-26(35-30(33)36-27(24)40)39(3)38-51(4,44)45/h5-12,17,19,23,25,28,38,41H,13-16H2,1-4H3,(H,37,43)(H2,33,35,36)/t19-,23?,25-,28?,50?/m0/s1. The molecule has 1 aliphatic heterocycles. The van der Waals surface area contributed by atoms with E-state index < -0.39 is 60.2 Å². The van der Waals surface area contributed by atoms with Gasteiger partial charge in [0, 0.05) is 17.4 Å². The fourth-order valence-electron chi connectivity index (χ4n) is 5.67. The number of nitrogens with one attached hydrogen (secondary N) is 2. The van der Waals surface area contributed by atoms with Gasteiger partial charge in [0.15, 0.2) is 17.0 Å². The van der Waals surface area contributed by atoms with E-state index in [-0.39, 0.29) is 35.3 Å². The molecular weight excluding hydrogens is 771 g/mol. The molecule has 0 bridgehead atoms. The topological polar surface area (TPSA) is 222 Å². The number of aliphatic hydroxyl groups excluding tert-OH is 1. The minimum atomic E-state index is -4.31. The molecule has 0 amide bonds. The zero-order valence-corrected chi connectivity index (χ0v) is 31.4. The zero-order chi connectivity index (χ0) is 36.7. The van der Waals surface area contributed by atoms with Gasteiger partial charge in [0.05, 0.1) is 25.3 Å². The number of hydrogen-bond donors (Lipinski definition) is 4. The number of halogens is 1. The van der Waals surface area contributed by atoms with Crippen molar-refractivity contribution in [3.63, 3.8) is 0 Å². The van der Waals surface area contributed by atoms with Crippen molar-refractivity contribution in [1.29, 1.82) is 0 Å². The number of carbonyl (C=O) groups is 1. The summed E-state index contributed by atoms with van der Waals surface area (Å²) in [5.41, 5.74) is 6.92. The first kappa shape index (κ1) is 37.1. The van der Waals surface area contributed by atoms with Gasteiger partial charge in [0.25, 0.3) is 0 Å². The molecule has 51 heavy (non-hydrogen) atoms. The van der Waals surface area contributed by atoms with Crippen LogP contribution >= 0.6 is 23.7 Å². The molecule has 1 saturated carbocycles. The van der Waals surface area contributed by atoms with Crippen LogP contribution in [0.3, 0.4) is 0 Å². The van der Waals surface area contributed by atoms with Crippen molar-refractivity contribution in [2.75, 3.05) is 30.7 Å². The Kier molecular flexibility index (Phi) is 10.5. The molecule has 2 fully saturated rings. The Labute approximate surface area is 302 Å². The second kappa shape index (κ2) is 14.4. The van der Waals surface area contributed by atoms with Crippen LogP contribution in [0.5, 0.6) is 5.75 Å². The van der Waals surface area contributed by atoms with E-state index in [1.807, 2.05) is 31.2 Å². The van der Waals surface area contributed by atoms with Gasteiger partial charge in [-0.05, 0) is 55.2 Å². The van der Waals surface area contributed by atoms with Crippen LogP contribution in [-0.2, 0) is 40.0 Å². The van der Waals surface area contributed by atoms with Gasteiger partial charge in [0.2, 0.25) is 16.0 Å². The van der Waals surface area contributed by atoms with E-state index in [1.165, 1.54) is 13.4 Å². The van der Waals surface area contributed by atoms with Crippen molar-refractivity contribution in [3.05, 3.63) is 70.5 Å². The number of ether oxygens (including phenoxy) is 2. The Morgan fingerprint density at radius 3 is 2.59 bits per heavy atom. The number of aromatic nitrogens is 4. The highest BCUT2D eigenvalue weighted by Gasteiger charge is 2.57.